The van der Waals surface area contributed by atoms with E-state index in [9.17, 15) is 19.5 Å². The van der Waals surface area contributed by atoms with Gasteiger partial charge in [0.15, 0.2) is 0 Å². The lowest BCUT2D eigenvalue weighted by molar-refractivity contribution is -0.140. The molecule has 2 aliphatic rings. The van der Waals surface area contributed by atoms with E-state index in [2.05, 4.69) is 99.7 Å². The molecule has 0 radical (unpaired) electrons. The summed E-state index contributed by atoms with van der Waals surface area (Å²) in [6.45, 7) is 12.4. The quantitative estimate of drug-likeness (QED) is 0.0942. The number of amides is 3. The van der Waals surface area contributed by atoms with Crippen molar-refractivity contribution in [2.45, 2.75) is 84.0 Å². The molecule has 2 aliphatic heterocycles. The number of carboxylic acid groups (broad SMARTS) is 1. The van der Waals surface area contributed by atoms with E-state index in [0.29, 0.717) is 18.9 Å². The molecule has 0 saturated carbocycles. The van der Waals surface area contributed by atoms with Gasteiger partial charge in [0.1, 0.15) is 23.2 Å². The Morgan fingerprint density at radius 2 is 1.42 bits per heavy atom. The fourth-order valence-electron chi connectivity index (χ4n) is 8.45. The lowest BCUT2D eigenvalue weighted by Crippen LogP contribution is -2.60. The summed E-state index contributed by atoms with van der Waals surface area (Å²) in [5.41, 5.74) is 5.59. The van der Waals surface area contributed by atoms with Crippen LogP contribution in [0.2, 0.25) is 0 Å². The van der Waals surface area contributed by atoms with E-state index >= 15 is 0 Å². The molecule has 12 nitrogen and oxygen atoms in total. The summed E-state index contributed by atoms with van der Waals surface area (Å²) in [4.78, 5) is 62.0. The van der Waals surface area contributed by atoms with Crippen LogP contribution >= 0.6 is 0 Å². The first kappa shape index (κ1) is 39.5. The van der Waals surface area contributed by atoms with Crippen LogP contribution < -0.4 is 5.32 Å². The summed E-state index contributed by atoms with van der Waals surface area (Å²) in [7, 11) is 0. The molecule has 7 rings (SSSR count). The van der Waals surface area contributed by atoms with Gasteiger partial charge in [0.2, 0.25) is 11.8 Å². The van der Waals surface area contributed by atoms with Crippen molar-refractivity contribution in [3.05, 3.63) is 108 Å². The topological polar surface area (TPSA) is 151 Å². The Hall–Kier alpha value is -5.75. The van der Waals surface area contributed by atoms with Crippen molar-refractivity contribution in [1.82, 2.24) is 40.0 Å². The molecule has 3 aromatic carbocycles. The monoisotopic (exact) mass is 770 g/mol. The van der Waals surface area contributed by atoms with Crippen LogP contribution in [0, 0.1) is 5.92 Å². The molecule has 2 fully saturated rings. The molecule has 0 spiro atoms. The number of hydrogen-bond donors (Lipinski definition) is 4. The Balaban J connectivity index is 1.02. The van der Waals surface area contributed by atoms with Gasteiger partial charge in [-0.15, -0.1) is 0 Å². The van der Waals surface area contributed by atoms with Crippen LogP contribution in [-0.4, -0.2) is 89.4 Å². The van der Waals surface area contributed by atoms with E-state index in [-0.39, 0.29) is 35.9 Å². The molecule has 57 heavy (non-hydrogen) atoms. The Labute approximate surface area is 334 Å². The summed E-state index contributed by atoms with van der Waals surface area (Å²) in [6.07, 6.45) is 5.89. The molecule has 298 valence electrons. The normalized spacial score (nSPS) is 18.6. The van der Waals surface area contributed by atoms with Gasteiger partial charge in [-0.1, -0.05) is 107 Å². The predicted molar refractivity (Wildman–Crippen MR) is 221 cm³/mol. The van der Waals surface area contributed by atoms with E-state index in [1.807, 2.05) is 43.1 Å². The summed E-state index contributed by atoms with van der Waals surface area (Å²) in [5.74, 6) is 1.18. The number of nitrogens with one attached hydrogen (secondary N) is 3. The second-order valence-corrected chi connectivity index (χ2v) is 15.7. The highest BCUT2D eigenvalue weighted by Crippen LogP contribution is 2.37. The number of carbonyl (C=O) groups excluding carboxylic acids is 2. The molecule has 12 heteroatoms. The maximum atomic E-state index is 14.2. The minimum atomic E-state index is -1.24. The highest BCUT2D eigenvalue weighted by molar-refractivity contribution is 5.90. The number of hydrogen-bond acceptors (Lipinski definition) is 6. The van der Waals surface area contributed by atoms with Gasteiger partial charge in [-0.05, 0) is 73.9 Å². The molecule has 4 N–H and O–H groups in total. The van der Waals surface area contributed by atoms with Crippen molar-refractivity contribution in [2.75, 3.05) is 26.2 Å². The minimum Gasteiger partial charge on any atom is -0.465 e. The summed E-state index contributed by atoms with van der Waals surface area (Å²) < 4.78 is 0. The first-order valence-electron chi connectivity index (χ1n) is 20.2. The van der Waals surface area contributed by atoms with Crippen LogP contribution in [0.25, 0.3) is 33.6 Å². The SMILES string of the molecule is CCN(CC)[C@@H](C(=O)N1CCC[C@H]1c1nc(-c2ccc(-c3ccc(-c4cnc([C@@H]5CCCN5C(=O)[C@@](C)(NC(=O)O)C(C)C)[nH]4)cc3)cc2)c[nH]1)c1ccccc1. The molecule has 4 atom stereocenters. The zero-order valence-corrected chi connectivity index (χ0v) is 33.5. The third-order valence-electron chi connectivity index (χ3n) is 12.1. The molecule has 2 saturated heterocycles. The Bertz CT molecular complexity index is 2160. The van der Waals surface area contributed by atoms with Gasteiger partial charge in [0.25, 0.3) is 0 Å². The van der Waals surface area contributed by atoms with E-state index in [0.717, 1.165) is 83.8 Å². The lowest BCUT2D eigenvalue weighted by atomic mass is 9.86. The summed E-state index contributed by atoms with van der Waals surface area (Å²) in [5, 5.41) is 11.9. The van der Waals surface area contributed by atoms with Gasteiger partial charge in [-0.3, -0.25) is 14.5 Å². The first-order valence-corrected chi connectivity index (χ1v) is 20.2. The van der Waals surface area contributed by atoms with Gasteiger partial charge >= 0.3 is 6.09 Å². The molecule has 2 aromatic heterocycles. The molecule has 3 amide bonds. The number of aromatic nitrogens is 4. The largest absolute Gasteiger partial charge is 0.465 e. The van der Waals surface area contributed by atoms with E-state index in [1.54, 1.807) is 18.0 Å². The van der Waals surface area contributed by atoms with Gasteiger partial charge < -0.3 is 30.2 Å². The molecule has 0 unspecified atom stereocenters. The average Bonchev–Trinajstić information content (AvgIpc) is 4.07. The summed E-state index contributed by atoms with van der Waals surface area (Å²) in [6, 6.07) is 26.1. The van der Waals surface area contributed by atoms with Gasteiger partial charge in [0, 0.05) is 24.8 Å². The lowest BCUT2D eigenvalue weighted by Gasteiger charge is -2.37. The number of nitrogens with zero attached hydrogens (tertiary/aromatic N) is 5. The zero-order valence-electron chi connectivity index (χ0n) is 33.5. The molecular weight excluding hydrogens is 717 g/mol. The van der Waals surface area contributed by atoms with Crippen LogP contribution in [0.1, 0.15) is 95.6 Å². The van der Waals surface area contributed by atoms with Crippen LogP contribution in [-0.2, 0) is 9.59 Å². The summed E-state index contributed by atoms with van der Waals surface area (Å²) >= 11 is 0. The maximum Gasteiger partial charge on any atom is 0.405 e. The fraction of sp³-hybridized carbons (Fsp3) is 0.400. The highest BCUT2D eigenvalue weighted by Gasteiger charge is 2.45. The smallest absolute Gasteiger partial charge is 0.405 e. The maximum absolute atomic E-state index is 14.2. The molecule has 4 heterocycles. The molecular formula is C45H54N8O4. The second kappa shape index (κ2) is 16.8. The average molecular weight is 771 g/mol. The van der Waals surface area contributed by atoms with E-state index in [4.69, 9.17) is 4.98 Å². The van der Waals surface area contributed by atoms with Gasteiger partial charge in [-0.25, -0.2) is 14.8 Å². The Kier molecular flexibility index (Phi) is 11.6. The van der Waals surface area contributed by atoms with Crippen molar-refractivity contribution >= 4 is 17.9 Å². The molecule has 0 bridgehead atoms. The molecule has 0 aliphatic carbocycles. The van der Waals surface area contributed by atoms with Crippen molar-refractivity contribution in [3.8, 4) is 33.6 Å². The van der Waals surface area contributed by atoms with Crippen molar-refractivity contribution in [2.24, 2.45) is 5.92 Å². The molecule has 5 aromatic rings. The van der Waals surface area contributed by atoms with Crippen molar-refractivity contribution < 1.29 is 19.5 Å². The first-order chi connectivity index (χ1) is 27.5. The van der Waals surface area contributed by atoms with Crippen LogP contribution in [0.3, 0.4) is 0 Å². The van der Waals surface area contributed by atoms with E-state index in [1.165, 1.54) is 0 Å². The van der Waals surface area contributed by atoms with Gasteiger partial charge in [0.05, 0.1) is 29.7 Å². The Morgan fingerprint density at radius 3 is 2.02 bits per heavy atom. The van der Waals surface area contributed by atoms with E-state index < -0.39 is 11.6 Å². The number of likely N-dealkylation sites (tertiary alicyclic amines) is 2. The second-order valence-electron chi connectivity index (χ2n) is 15.7. The van der Waals surface area contributed by atoms with Crippen LogP contribution in [0.5, 0.6) is 0 Å². The number of carbonyl (C=O) groups is 3. The van der Waals surface area contributed by atoms with Crippen molar-refractivity contribution in [1.29, 1.82) is 0 Å². The number of likely N-dealkylation sites (N-methyl/N-ethyl adjacent to an activating group) is 1. The highest BCUT2D eigenvalue weighted by atomic mass is 16.4. The number of H-pyrrole nitrogens is 2. The van der Waals surface area contributed by atoms with Crippen molar-refractivity contribution in [3.63, 3.8) is 0 Å². The predicted octanol–water partition coefficient (Wildman–Crippen LogP) is 8.23. The number of aromatic amines is 2. The number of rotatable bonds is 13. The third kappa shape index (κ3) is 7.96. The van der Waals surface area contributed by atoms with Gasteiger partial charge in [-0.2, -0.15) is 0 Å². The van der Waals surface area contributed by atoms with Crippen LogP contribution in [0.15, 0.2) is 91.3 Å². The zero-order chi connectivity index (χ0) is 40.3. The number of benzene rings is 3. The minimum absolute atomic E-state index is 0.0989. The van der Waals surface area contributed by atoms with Crippen LogP contribution in [0.4, 0.5) is 4.79 Å². The third-order valence-corrected chi connectivity index (χ3v) is 12.1. The standard InChI is InChI=1S/C45H54N8O4/c1-6-51(7-2)39(34-13-9-8-10-14-34)42(54)52-25-11-15-37(52)40-46-27-35(48-40)32-21-17-30(18-22-32)31-19-23-33(24-20-31)36-28-47-41(49-36)38-16-12-26-53(38)43(55)45(5,29(3)4)50-44(56)57/h8-10,13-14,17-24,27-29,37-39,50H,6-7,11-12,15-16,25-26H2,1-5H3,(H,46,48)(H,47,49)(H,56,57)/t37-,38-,39+,45-/m0/s1. The number of imidazole rings is 2. The Morgan fingerprint density at radius 1 is 0.842 bits per heavy atom. The fourth-order valence-corrected chi connectivity index (χ4v) is 8.45.